The van der Waals surface area contributed by atoms with Gasteiger partial charge in [0.1, 0.15) is 5.78 Å². The molecule has 1 saturated heterocycles. The van der Waals surface area contributed by atoms with Crippen molar-refractivity contribution in [3.8, 4) is 0 Å². The molecule has 0 radical (unpaired) electrons. The number of ketones is 1. The van der Waals surface area contributed by atoms with Crippen LogP contribution in [0, 0.1) is 0 Å². The van der Waals surface area contributed by atoms with E-state index in [1.807, 2.05) is 6.92 Å². The number of nitrogens with zero attached hydrogens (tertiary/aromatic N) is 2. The van der Waals surface area contributed by atoms with Gasteiger partial charge in [-0.2, -0.15) is 0 Å². The normalized spacial score (nSPS) is 20.4. The van der Waals surface area contributed by atoms with Crippen molar-refractivity contribution in [1.29, 1.82) is 0 Å². The first kappa shape index (κ1) is 14.6. The Morgan fingerprint density at radius 3 is 2.47 bits per heavy atom. The largest absolute Gasteiger partial charge is 0.322 e. The fourth-order valence-electron chi connectivity index (χ4n) is 2.19. The number of unbranched alkanes of at least 4 members (excludes halogenated alkanes) is 1. The second-order valence-electron chi connectivity index (χ2n) is 5.07. The van der Waals surface area contributed by atoms with Crippen molar-refractivity contribution in [2.75, 3.05) is 39.8 Å². The lowest BCUT2D eigenvalue weighted by Crippen LogP contribution is -2.44. The molecule has 100 valence electrons. The molecular weight excluding hydrogens is 214 g/mol. The van der Waals surface area contributed by atoms with Crippen molar-refractivity contribution >= 4 is 5.78 Å². The van der Waals surface area contributed by atoms with E-state index < -0.39 is 0 Å². The van der Waals surface area contributed by atoms with Crippen LogP contribution >= 0.6 is 0 Å². The zero-order valence-corrected chi connectivity index (χ0v) is 11.3. The number of hydrogen-bond donors (Lipinski definition) is 1. The van der Waals surface area contributed by atoms with Gasteiger partial charge in [-0.1, -0.05) is 13.3 Å². The maximum Gasteiger partial charge on any atom is 0.149 e. The summed E-state index contributed by atoms with van der Waals surface area (Å²) in [6, 6.07) is -0.229. The quantitative estimate of drug-likeness (QED) is 0.667. The number of nitrogens with two attached hydrogens (primary N) is 1. The summed E-state index contributed by atoms with van der Waals surface area (Å²) in [7, 11) is 2.17. The molecule has 0 spiro atoms. The first-order chi connectivity index (χ1) is 8.13. The summed E-state index contributed by atoms with van der Waals surface area (Å²) in [6.07, 6.45) is 3.65. The highest BCUT2D eigenvalue weighted by Crippen LogP contribution is 2.05. The Bertz CT molecular complexity index is 225. The van der Waals surface area contributed by atoms with E-state index in [2.05, 4.69) is 16.8 Å². The first-order valence-corrected chi connectivity index (χ1v) is 6.82. The summed E-state index contributed by atoms with van der Waals surface area (Å²) in [4.78, 5) is 16.2. The predicted octanol–water partition coefficient (Wildman–Crippen LogP) is 0.711. The summed E-state index contributed by atoms with van der Waals surface area (Å²) in [6.45, 7) is 7.74. The lowest BCUT2D eigenvalue weighted by Gasteiger charge is -2.32. The van der Waals surface area contributed by atoms with E-state index in [0.29, 0.717) is 6.42 Å². The molecule has 0 unspecified atom stereocenters. The first-order valence-electron chi connectivity index (χ1n) is 6.82. The summed E-state index contributed by atoms with van der Waals surface area (Å²) in [5.74, 6) is 0.199. The van der Waals surface area contributed by atoms with E-state index in [1.54, 1.807) is 0 Å². The molecule has 1 aliphatic rings. The Morgan fingerprint density at radius 1 is 1.24 bits per heavy atom. The van der Waals surface area contributed by atoms with Gasteiger partial charge in [-0.15, -0.1) is 0 Å². The van der Waals surface area contributed by atoms with Crippen LogP contribution in [-0.2, 0) is 4.79 Å². The average molecular weight is 241 g/mol. The highest BCUT2D eigenvalue weighted by molar-refractivity contribution is 5.83. The summed E-state index contributed by atoms with van der Waals surface area (Å²) in [5, 5.41) is 0. The second kappa shape index (κ2) is 7.80. The summed E-state index contributed by atoms with van der Waals surface area (Å²) in [5.41, 5.74) is 5.80. The monoisotopic (exact) mass is 241 g/mol. The van der Waals surface area contributed by atoms with Crippen molar-refractivity contribution < 1.29 is 4.79 Å². The van der Waals surface area contributed by atoms with Crippen molar-refractivity contribution in [1.82, 2.24) is 9.80 Å². The zero-order valence-electron chi connectivity index (χ0n) is 11.3. The van der Waals surface area contributed by atoms with E-state index in [4.69, 9.17) is 5.73 Å². The number of Topliss-reactive ketones (excluding diaryl/α,β-unsaturated/α-hetero) is 1. The van der Waals surface area contributed by atoms with Crippen LogP contribution in [-0.4, -0.2) is 61.4 Å². The van der Waals surface area contributed by atoms with Crippen LogP contribution in [0.25, 0.3) is 0 Å². The third kappa shape index (κ3) is 5.61. The zero-order chi connectivity index (χ0) is 12.7. The Kier molecular flexibility index (Phi) is 6.70. The van der Waals surface area contributed by atoms with Crippen LogP contribution < -0.4 is 5.73 Å². The van der Waals surface area contributed by atoms with Crippen LogP contribution in [0.4, 0.5) is 0 Å². The van der Waals surface area contributed by atoms with Gasteiger partial charge in [0.25, 0.3) is 0 Å². The molecule has 1 aliphatic heterocycles. The number of carbonyl (C=O) groups excluding carboxylic acids is 1. The fraction of sp³-hybridized carbons (Fsp3) is 0.923. The SMILES string of the molecule is CCC(=O)[C@@H](N)CCCCN1CCN(C)CC1. The van der Waals surface area contributed by atoms with Gasteiger partial charge in [0, 0.05) is 32.6 Å². The number of rotatable bonds is 7. The maximum atomic E-state index is 11.3. The number of carbonyl (C=O) groups is 1. The van der Waals surface area contributed by atoms with E-state index in [9.17, 15) is 4.79 Å². The second-order valence-corrected chi connectivity index (χ2v) is 5.07. The van der Waals surface area contributed by atoms with E-state index >= 15 is 0 Å². The maximum absolute atomic E-state index is 11.3. The highest BCUT2D eigenvalue weighted by atomic mass is 16.1. The summed E-state index contributed by atoms with van der Waals surface area (Å²) >= 11 is 0. The topological polar surface area (TPSA) is 49.6 Å². The molecule has 1 heterocycles. The Balaban J connectivity index is 2.02. The molecule has 1 atom stereocenters. The smallest absolute Gasteiger partial charge is 0.149 e. The molecule has 4 heteroatoms. The van der Waals surface area contributed by atoms with Crippen LogP contribution in [0.15, 0.2) is 0 Å². The molecule has 0 aliphatic carbocycles. The predicted molar refractivity (Wildman–Crippen MR) is 71.1 cm³/mol. The van der Waals surface area contributed by atoms with Gasteiger partial charge in [-0.05, 0) is 26.4 Å². The minimum atomic E-state index is -0.229. The molecule has 0 saturated carbocycles. The average Bonchev–Trinajstić information content (AvgIpc) is 2.35. The molecule has 0 amide bonds. The van der Waals surface area contributed by atoms with Crippen molar-refractivity contribution in [2.24, 2.45) is 5.73 Å². The Hall–Kier alpha value is -0.450. The molecule has 17 heavy (non-hydrogen) atoms. The van der Waals surface area contributed by atoms with Crippen LogP contribution in [0.2, 0.25) is 0 Å². The van der Waals surface area contributed by atoms with E-state index in [1.165, 1.54) is 26.2 Å². The molecule has 0 aromatic carbocycles. The molecular formula is C13H27N3O. The fourth-order valence-corrected chi connectivity index (χ4v) is 2.19. The van der Waals surface area contributed by atoms with Gasteiger partial charge >= 0.3 is 0 Å². The van der Waals surface area contributed by atoms with Gasteiger partial charge in [0.15, 0.2) is 0 Å². The molecule has 1 rings (SSSR count). The molecule has 1 fully saturated rings. The standard InChI is InChI=1S/C13H27N3O/c1-3-13(17)12(14)6-4-5-7-16-10-8-15(2)9-11-16/h12H,3-11,14H2,1-2H3/t12-/m0/s1. The lowest BCUT2D eigenvalue weighted by molar-refractivity contribution is -0.120. The van der Waals surface area contributed by atoms with Gasteiger partial charge in [-0.3, -0.25) is 4.79 Å². The lowest BCUT2D eigenvalue weighted by atomic mass is 10.0. The van der Waals surface area contributed by atoms with Crippen LogP contribution in [0.1, 0.15) is 32.6 Å². The van der Waals surface area contributed by atoms with Crippen molar-refractivity contribution in [2.45, 2.75) is 38.6 Å². The Morgan fingerprint density at radius 2 is 1.88 bits per heavy atom. The summed E-state index contributed by atoms with van der Waals surface area (Å²) < 4.78 is 0. The van der Waals surface area contributed by atoms with Gasteiger partial charge in [0.05, 0.1) is 6.04 Å². The number of likely N-dealkylation sites (N-methyl/N-ethyl adjacent to an activating group) is 1. The molecule has 4 nitrogen and oxygen atoms in total. The molecule has 0 bridgehead atoms. The molecule has 0 aromatic rings. The minimum Gasteiger partial charge on any atom is -0.322 e. The Labute approximate surface area is 105 Å². The third-order valence-corrected chi connectivity index (χ3v) is 3.60. The number of hydrogen-bond acceptors (Lipinski definition) is 4. The molecule has 0 aromatic heterocycles. The number of piperazine rings is 1. The van der Waals surface area contributed by atoms with Crippen LogP contribution in [0.3, 0.4) is 0 Å². The minimum absolute atomic E-state index is 0.199. The highest BCUT2D eigenvalue weighted by Gasteiger charge is 2.14. The van der Waals surface area contributed by atoms with E-state index in [-0.39, 0.29) is 11.8 Å². The molecule has 2 N–H and O–H groups in total. The van der Waals surface area contributed by atoms with Crippen LogP contribution in [0.5, 0.6) is 0 Å². The van der Waals surface area contributed by atoms with Gasteiger partial charge in [-0.25, -0.2) is 0 Å². The van der Waals surface area contributed by atoms with Gasteiger partial charge < -0.3 is 15.5 Å². The third-order valence-electron chi connectivity index (χ3n) is 3.60. The van der Waals surface area contributed by atoms with Gasteiger partial charge in [0.2, 0.25) is 0 Å². The van der Waals surface area contributed by atoms with E-state index in [0.717, 1.165) is 25.8 Å². The van der Waals surface area contributed by atoms with Crippen molar-refractivity contribution in [3.63, 3.8) is 0 Å². The van der Waals surface area contributed by atoms with Crippen molar-refractivity contribution in [3.05, 3.63) is 0 Å².